The van der Waals surface area contributed by atoms with Crippen molar-refractivity contribution in [2.45, 2.75) is 69.5 Å². The largest absolute Gasteiger partial charge is 0.395 e. The maximum atomic E-state index is 13.0. The van der Waals surface area contributed by atoms with Crippen LogP contribution in [0.25, 0.3) is 0 Å². The third-order valence-electron chi connectivity index (χ3n) is 7.68. The molecule has 0 unspecified atom stereocenters. The van der Waals surface area contributed by atoms with Gasteiger partial charge in [0.05, 0.1) is 37.1 Å². The van der Waals surface area contributed by atoms with Crippen molar-refractivity contribution in [3.05, 3.63) is 11.6 Å². The first-order chi connectivity index (χ1) is 14.8. The Morgan fingerprint density at radius 3 is 2.58 bits per heavy atom. The molecule has 0 radical (unpaired) electrons. The third kappa shape index (κ3) is 4.64. The molecule has 4 rings (SSSR count). The molecular weight excluding hydrogens is 398 g/mol. The monoisotopic (exact) mass is 437 g/mol. The fourth-order valence-corrected chi connectivity index (χ4v) is 5.71. The van der Waals surface area contributed by atoms with Crippen LogP contribution in [-0.2, 0) is 14.2 Å². The minimum absolute atomic E-state index is 0.0231. The average molecular weight is 438 g/mol. The van der Waals surface area contributed by atoms with Crippen molar-refractivity contribution in [2.24, 2.45) is 5.92 Å². The van der Waals surface area contributed by atoms with Gasteiger partial charge in [-0.2, -0.15) is 0 Å². The number of urea groups is 1. The molecule has 31 heavy (non-hydrogen) atoms. The highest BCUT2D eigenvalue weighted by molar-refractivity contribution is 5.74. The number of hydrogen-bond donors (Lipinski definition) is 2. The molecular formula is C23H39N3O5. The number of epoxide rings is 2. The summed E-state index contributed by atoms with van der Waals surface area (Å²) in [6.45, 7) is 10.9. The van der Waals surface area contributed by atoms with Crippen molar-refractivity contribution in [1.82, 2.24) is 15.1 Å². The summed E-state index contributed by atoms with van der Waals surface area (Å²) in [5.41, 5.74) is 0.834. The number of hydrogen-bond acceptors (Lipinski definition) is 6. The van der Waals surface area contributed by atoms with Gasteiger partial charge in [-0.25, -0.2) is 4.79 Å². The van der Waals surface area contributed by atoms with Gasteiger partial charge in [-0.1, -0.05) is 11.6 Å². The summed E-state index contributed by atoms with van der Waals surface area (Å²) in [5, 5.41) is 12.4. The van der Waals surface area contributed by atoms with Gasteiger partial charge in [0, 0.05) is 45.8 Å². The summed E-state index contributed by atoms with van der Waals surface area (Å²) >= 11 is 0. The van der Waals surface area contributed by atoms with Crippen molar-refractivity contribution in [3.8, 4) is 0 Å². The van der Waals surface area contributed by atoms with Crippen LogP contribution in [-0.4, -0.2) is 103 Å². The summed E-state index contributed by atoms with van der Waals surface area (Å²) in [5.74, 6) is 0.0982. The second-order valence-corrected chi connectivity index (χ2v) is 9.99. The predicted molar refractivity (Wildman–Crippen MR) is 117 cm³/mol. The normalized spacial score (nSPS) is 40.0. The van der Waals surface area contributed by atoms with E-state index in [1.807, 2.05) is 4.90 Å². The van der Waals surface area contributed by atoms with Crippen LogP contribution < -0.4 is 5.32 Å². The van der Waals surface area contributed by atoms with Crippen LogP contribution in [0.4, 0.5) is 4.79 Å². The van der Waals surface area contributed by atoms with E-state index in [-0.39, 0.29) is 48.0 Å². The fourth-order valence-electron chi connectivity index (χ4n) is 5.71. The molecule has 4 fully saturated rings. The lowest BCUT2D eigenvalue weighted by molar-refractivity contribution is -0.0662. The van der Waals surface area contributed by atoms with E-state index in [0.29, 0.717) is 19.6 Å². The number of carbonyl (C=O) groups is 1. The summed E-state index contributed by atoms with van der Waals surface area (Å²) in [6.07, 6.45) is 4.92. The van der Waals surface area contributed by atoms with Gasteiger partial charge >= 0.3 is 6.03 Å². The summed E-state index contributed by atoms with van der Waals surface area (Å²) < 4.78 is 18.3. The van der Waals surface area contributed by atoms with Gasteiger partial charge in [-0.05, 0) is 40.0 Å². The number of rotatable bonds is 7. The molecule has 2 amide bonds. The van der Waals surface area contributed by atoms with E-state index >= 15 is 0 Å². The Labute approximate surface area is 185 Å². The van der Waals surface area contributed by atoms with Gasteiger partial charge in [-0.3, -0.25) is 4.90 Å². The van der Waals surface area contributed by atoms with Gasteiger partial charge in [-0.15, -0.1) is 0 Å². The molecule has 4 aliphatic rings. The van der Waals surface area contributed by atoms with E-state index in [0.717, 1.165) is 39.0 Å². The minimum Gasteiger partial charge on any atom is -0.395 e. The number of allylic oxidation sites excluding steroid dienone is 1. The quantitative estimate of drug-likeness (QED) is 0.462. The molecule has 3 aliphatic heterocycles. The van der Waals surface area contributed by atoms with Crippen LogP contribution in [0.1, 0.15) is 40.0 Å². The van der Waals surface area contributed by atoms with Crippen molar-refractivity contribution in [1.29, 1.82) is 0 Å². The van der Waals surface area contributed by atoms with E-state index in [1.165, 1.54) is 5.57 Å². The molecule has 0 aromatic rings. The Hall–Kier alpha value is -1.19. The first-order valence-corrected chi connectivity index (χ1v) is 11.7. The van der Waals surface area contributed by atoms with E-state index in [4.69, 9.17) is 19.3 Å². The van der Waals surface area contributed by atoms with Crippen LogP contribution in [0, 0.1) is 5.92 Å². The molecule has 1 spiro atoms. The Kier molecular flexibility index (Phi) is 6.66. The molecule has 1 aliphatic carbocycles. The molecule has 6 atom stereocenters. The number of carbonyl (C=O) groups excluding carboxylic acids is 1. The Morgan fingerprint density at radius 2 is 2.00 bits per heavy atom. The SMILES string of the molecule is CO[C@@H]1[C@H](NC(=O)N2CCN(CCO)CC2)CC[C@]2(CO2)[C@H]1[C@]1(C)O[C@@H]1CC=C(C)C. The van der Waals surface area contributed by atoms with Crippen LogP contribution in [0.2, 0.25) is 0 Å². The van der Waals surface area contributed by atoms with Crippen LogP contribution in [0.3, 0.4) is 0 Å². The molecule has 8 heteroatoms. The topological polar surface area (TPSA) is 90.1 Å². The Morgan fingerprint density at radius 1 is 1.29 bits per heavy atom. The van der Waals surface area contributed by atoms with Crippen molar-refractivity contribution in [2.75, 3.05) is 53.0 Å². The number of nitrogens with zero attached hydrogens (tertiary/aromatic N) is 2. The second-order valence-electron chi connectivity index (χ2n) is 9.99. The van der Waals surface area contributed by atoms with E-state index in [9.17, 15) is 4.79 Å². The third-order valence-corrected chi connectivity index (χ3v) is 7.68. The number of aliphatic hydroxyl groups excluding tert-OH is 1. The lowest BCUT2D eigenvalue weighted by atomic mass is 9.67. The zero-order valence-corrected chi connectivity index (χ0v) is 19.4. The van der Waals surface area contributed by atoms with Crippen LogP contribution >= 0.6 is 0 Å². The fraction of sp³-hybridized carbons (Fsp3) is 0.870. The molecule has 8 nitrogen and oxygen atoms in total. The summed E-state index contributed by atoms with van der Waals surface area (Å²) in [4.78, 5) is 17.1. The standard InChI is InChI=1S/C23H39N3O5/c1-16(2)5-6-18-22(3,31-18)20-19(29-4)17(7-8-23(20)15-30-23)24-21(28)26-11-9-25(10-12-26)13-14-27/h5,17-20,27H,6-15H2,1-4H3,(H,24,28)/t17-,18-,19-,20-,22-,23+/m1/s1. The number of β-amino-alcohol motifs (C(OH)–C–C–N with tert-alkyl or cyclic N) is 1. The summed E-state index contributed by atoms with van der Waals surface area (Å²) in [7, 11) is 1.74. The number of methoxy groups -OCH3 is 1. The van der Waals surface area contributed by atoms with Gasteiger partial charge in [0.2, 0.25) is 0 Å². The zero-order chi connectivity index (χ0) is 22.2. The smallest absolute Gasteiger partial charge is 0.317 e. The van der Waals surface area contributed by atoms with E-state index < -0.39 is 0 Å². The predicted octanol–water partition coefficient (Wildman–Crippen LogP) is 1.38. The number of piperazine rings is 1. The molecule has 3 saturated heterocycles. The van der Waals surface area contributed by atoms with Crippen molar-refractivity contribution < 1.29 is 24.1 Å². The van der Waals surface area contributed by atoms with Crippen LogP contribution in [0.15, 0.2) is 11.6 Å². The number of aliphatic hydroxyl groups is 1. The second kappa shape index (κ2) is 8.98. The molecule has 2 N–H and O–H groups in total. The highest BCUT2D eigenvalue weighted by atomic mass is 16.6. The van der Waals surface area contributed by atoms with Crippen molar-refractivity contribution in [3.63, 3.8) is 0 Å². The molecule has 0 aromatic heterocycles. The van der Waals surface area contributed by atoms with Gasteiger partial charge < -0.3 is 29.5 Å². The highest BCUT2D eigenvalue weighted by Gasteiger charge is 2.71. The van der Waals surface area contributed by atoms with E-state index in [2.05, 4.69) is 37.1 Å². The first kappa shape index (κ1) is 23.0. The molecule has 0 bridgehead atoms. The number of ether oxygens (including phenoxy) is 3. The van der Waals surface area contributed by atoms with Crippen LogP contribution in [0.5, 0.6) is 0 Å². The highest BCUT2D eigenvalue weighted by Crippen LogP contribution is 2.59. The molecule has 1 saturated carbocycles. The Balaban J connectivity index is 1.40. The maximum absolute atomic E-state index is 13.0. The number of amides is 2. The molecule has 0 aromatic carbocycles. The van der Waals surface area contributed by atoms with Gasteiger partial charge in [0.25, 0.3) is 0 Å². The number of nitrogens with one attached hydrogen (secondary N) is 1. The lowest BCUT2D eigenvalue weighted by Crippen LogP contribution is -2.61. The van der Waals surface area contributed by atoms with Gasteiger partial charge in [0.1, 0.15) is 5.60 Å². The van der Waals surface area contributed by atoms with Crippen molar-refractivity contribution >= 4 is 6.03 Å². The Bertz CT molecular complexity index is 685. The van der Waals surface area contributed by atoms with E-state index in [1.54, 1.807) is 7.11 Å². The molecule has 176 valence electrons. The molecule has 3 heterocycles. The first-order valence-electron chi connectivity index (χ1n) is 11.7. The maximum Gasteiger partial charge on any atom is 0.317 e. The lowest BCUT2D eigenvalue weighted by Gasteiger charge is -2.44. The minimum atomic E-state index is -0.289. The summed E-state index contributed by atoms with van der Waals surface area (Å²) in [6, 6.07) is -0.0806. The average Bonchev–Trinajstić information content (AvgIpc) is 3.66. The van der Waals surface area contributed by atoms with Gasteiger partial charge in [0.15, 0.2) is 0 Å². The zero-order valence-electron chi connectivity index (χ0n) is 19.4.